The topological polar surface area (TPSA) is 81.7 Å². The Bertz CT molecular complexity index is 983. The Kier molecular flexibility index (Phi) is 4.89. The lowest BCUT2D eigenvalue weighted by Crippen LogP contribution is -2.38. The molecule has 146 valence electrons. The second kappa shape index (κ2) is 7.35. The van der Waals surface area contributed by atoms with Gasteiger partial charge in [0, 0.05) is 11.3 Å². The van der Waals surface area contributed by atoms with Crippen molar-refractivity contribution >= 4 is 34.2 Å². The Labute approximate surface area is 164 Å². The number of hydrogen-bond donors (Lipinski definition) is 1. The van der Waals surface area contributed by atoms with Gasteiger partial charge in [-0.3, -0.25) is 4.79 Å². The number of fused-ring (bicyclic) bond motifs is 2. The predicted octanol–water partition coefficient (Wildman–Crippen LogP) is 3.27. The second-order valence-electron chi connectivity index (χ2n) is 6.80. The smallest absolute Gasteiger partial charge is 0.341 e. The lowest BCUT2D eigenvalue weighted by atomic mass is 9.95. The molecule has 0 saturated heterocycles. The Morgan fingerprint density at radius 1 is 1.29 bits per heavy atom. The summed E-state index contributed by atoms with van der Waals surface area (Å²) in [5.74, 6) is -2.19. The van der Waals surface area contributed by atoms with E-state index in [1.807, 2.05) is 0 Å². The van der Waals surface area contributed by atoms with E-state index in [9.17, 15) is 18.8 Å². The molecule has 1 amide bonds. The molecule has 1 aromatic carbocycles. The van der Waals surface area contributed by atoms with E-state index in [0.717, 1.165) is 36.1 Å². The molecule has 1 aromatic heterocycles. The number of cyclic esters (lactones) is 1. The molecule has 1 atom stereocenters. The van der Waals surface area contributed by atoms with Crippen LogP contribution in [0.2, 0.25) is 0 Å². The number of thiophene rings is 1. The van der Waals surface area contributed by atoms with E-state index in [0.29, 0.717) is 16.1 Å². The number of carbonyl (C=O) groups is 3. The molecule has 4 rings (SSSR count). The highest BCUT2D eigenvalue weighted by molar-refractivity contribution is 7.17. The number of rotatable bonds is 3. The van der Waals surface area contributed by atoms with Crippen LogP contribution in [-0.2, 0) is 33.5 Å². The van der Waals surface area contributed by atoms with Crippen LogP contribution in [0.4, 0.5) is 9.39 Å². The molecule has 1 aliphatic heterocycles. The van der Waals surface area contributed by atoms with Gasteiger partial charge in [-0.25, -0.2) is 14.0 Å². The monoisotopic (exact) mass is 403 g/mol. The van der Waals surface area contributed by atoms with Gasteiger partial charge in [-0.15, -0.1) is 11.3 Å². The van der Waals surface area contributed by atoms with E-state index >= 15 is 0 Å². The van der Waals surface area contributed by atoms with Gasteiger partial charge in [0.15, 0.2) is 6.10 Å². The predicted molar refractivity (Wildman–Crippen MR) is 100 cm³/mol. The fraction of sp³-hybridized carbons (Fsp3) is 0.350. The number of halogens is 1. The van der Waals surface area contributed by atoms with Gasteiger partial charge in [0.05, 0.1) is 18.2 Å². The van der Waals surface area contributed by atoms with Crippen LogP contribution in [0, 0.1) is 5.82 Å². The van der Waals surface area contributed by atoms with Crippen molar-refractivity contribution in [3.63, 3.8) is 0 Å². The third-order valence-electron chi connectivity index (χ3n) is 5.03. The maximum absolute atomic E-state index is 13.5. The molecule has 0 bridgehead atoms. The number of ether oxygens (including phenoxy) is 2. The largest absolute Gasteiger partial charge is 0.465 e. The molecule has 2 aliphatic rings. The van der Waals surface area contributed by atoms with Crippen molar-refractivity contribution in [2.75, 3.05) is 12.4 Å². The minimum atomic E-state index is -1.09. The quantitative estimate of drug-likeness (QED) is 0.796. The molecule has 1 unspecified atom stereocenters. The number of anilines is 1. The third-order valence-corrected chi connectivity index (χ3v) is 6.24. The van der Waals surface area contributed by atoms with Gasteiger partial charge in [-0.2, -0.15) is 0 Å². The van der Waals surface area contributed by atoms with Gasteiger partial charge in [0.2, 0.25) is 0 Å². The molecule has 28 heavy (non-hydrogen) atoms. The van der Waals surface area contributed by atoms with Gasteiger partial charge in [-0.1, -0.05) is 0 Å². The van der Waals surface area contributed by atoms with Crippen LogP contribution in [0.1, 0.15) is 49.6 Å². The summed E-state index contributed by atoms with van der Waals surface area (Å²) in [7, 11) is 1.30. The lowest BCUT2D eigenvalue weighted by molar-refractivity contribution is -0.125. The highest BCUT2D eigenvalue weighted by Crippen LogP contribution is 2.38. The van der Waals surface area contributed by atoms with E-state index in [1.165, 1.54) is 36.6 Å². The van der Waals surface area contributed by atoms with Gasteiger partial charge >= 0.3 is 11.9 Å². The highest BCUT2D eigenvalue weighted by Gasteiger charge is 2.34. The molecule has 0 spiro atoms. The number of aryl methyl sites for hydroxylation is 1. The summed E-state index contributed by atoms with van der Waals surface area (Å²) >= 11 is 1.35. The van der Waals surface area contributed by atoms with Crippen molar-refractivity contribution in [3.8, 4) is 0 Å². The van der Waals surface area contributed by atoms with Crippen molar-refractivity contribution < 1.29 is 28.2 Å². The van der Waals surface area contributed by atoms with Gasteiger partial charge in [0.1, 0.15) is 10.8 Å². The summed E-state index contributed by atoms with van der Waals surface area (Å²) in [5.41, 5.74) is 1.98. The summed E-state index contributed by atoms with van der Waals surface area (Å²) in [6.45, 7) is 0. The molecule has 2 aromatic rings. The molecular weight excluding hydrogens is 385 g/mol. The first-order valence-corrected chi connectivity index (χ1v) is 9.82. The van der Waals surface area contributed by atoms with Crippen molar-refractivity contribution in [2.45, 2.75) is 38.2 Å². The fourth-order valence-electron chi connectivity index (χ4n) is 3.67. The van der Waals surface area contributed by atoms with Crippen LogP contribution in [-0.4, -0.2) is 31.1 Å². The first-order chi connectivity index (χ1) is 13.5. The summed E-state index contributed by atoms with van der Waals surface area (Å²) in [4.78, 5) is 38.3. The van der Waals surface area contributed by atoms with E-state index in [4.69, 9.17) is 9.47 Å². The third kappa shape index (κ3) is 3.28. The molecule has 1 N–H and O–H groups in total. The van der Waals surface area contributed by atoms with Crippen LogP contribution >= 0.6 is 11.3 Å². The molecule has 0 radical (unpaired) electrons. The normalized spacial score (nSPS) is 17.9. The molecular formula is C20H18FNO5S. The Morgan fingerprint density at radius 3 is 2.86 bits per heavy atom. The van der Waals surface area contributed by atoms with Crippen LogP contribution in [0.3, 0.4) is 0 Å². The zero-order valence-electron chi connectivity index (χ0n) is 15.2. The number of benzene rings is 1. The van der Waals surface area contributed by atoms with Crippen LogP contribution in [0.5, 0.6) is 0 Å². The Morgan fingerprint density at radius 2 is 2.07 bits per heavy atom. The lowest BCUT2D eigenvalue weighted by Gasteiger charge is -2.23. The standard InChI is InChI=1S/C20H18FNO5S/c1-26-20(25)16-13-4-2-3-5-15(13)28-18(16)22-17(23)14-9-10-8-11(21)6-7-12(10)19(24)27-14/h6-8,14H,2-5,9H2,1H3,(H,22,23). The van der Waals surface area contributed by atoms with Crippen molar-refractivity contribution in [1.82, 2.24) is 0 Å². The number of carbonyl (C=O) groups excluding carboxylic acids is 3. The summed E-state index contributed by atoms with van der Waals surface area (Å²) in [6.07, 6.45) is 2.60. The summed E-state index contributed by atoms with van der Waals surface area (Å²) < 4.78 is 23.6. The Hall–Kier alpha value is -2.74. The molecule has 1 aliphatic carbocycles. The number of hydrogen-bond acceptors (Lipinski definition) is 6. The molecule has 8 heteroatoms. The van der Waals surface area contributed by atoms with E-state index in [-0.39, 0.29) is 12.0 Å². The number of methoxy groups -OCH3 is 1. The van der Waals surface area contributed by atoms with Crippen LogP contribution in [0.25, 0.3) is 0 Å². The SMILES string of the molecule is COC(=O)c1c(NC(=O)C2Cc3cc(F)ccc3C(=O)O2)sc2c1CCCC2. The van der Waals surface area contributed by atoms with Crippen LogP contribution in [0.15, 0.2) is 18.2 Å². The first-order valence-electron chi connectivity index (χ1n) is 9.01. The van der Waals surface area contributed by atoms with Crippen LogP contribution < -0.4 is 5.32 Å². The minimum absolute atomic E-state index is 0.0727. The summed E-state index contributed by atoms with van der Waals surface area (Å²) in [5, 5.41) is 3.13. The zero-order chi connectivity index (χ0) is 19.8. The van der Waals surface area contributed by atoms with Crippen molar-refractivity contribution in [1.29, 1.82) is 0 Å². The Balaban J connectivity index is 1.60. The number of nitrogens with one attached hydrogen (secondary N) is 1. The molecule has 6 nitrogen and oxygen atoms in total. The number of esters is 2. The summed E-state index contributed by atoms with van der Waals surface area (Å²) in [6, 6.07) is 3.77. The van der Waals surface area contributed by atoms with Gasteiger partial charge in [-0.05, 0) is 55.0 Å². The maximum atomic E-state index is 13.5. The second-order valence-corrected chi connectivity index (χ2v) is 7.90. The highest BCUT2D eigenvalue weighted by atomic mass is 32.1. The van der Waals surface area contributed by atoms with E-state index in [1.54, 1.807) is 0 Å². The molecule has 2 heterocycles. The zero-order valence-corrected chi connectivity index (χ0v) is 16.0. The first kappa shape index (κ1) is 18.6. The average molecular weight is 403 g/mol. The number of amides is 1. The van der Waals surface area contributed by atoms with Crippen molar-refractivity contribution in [2.24, 2.45) is 0 Å². The van der Waals surface area contributed by atoms with E-state index in [2.05, 4.69) is 5.32 Å². The van der Waals surface area contributed by atoms with Crippen molar-refractivity contribution in [3.05, 3.63) is 51.1 Å². The maximum Gasteiger partial charge on any atom is 0.341 e. The minimum Gasteiger partial charge on any atom is -0.465 e. The van der Waals surface area contributed by atoms with Gasteiger partial charge in [0.25, 0.3) is 5.91 Å². The molecule has 0 saturated carbocycles. The average Bonchev–Trinajstić information content (AvgIpc) is 3.04. The van der Waals surface area contributed by atoms with E-state index < -0.39 is 29.8 Å². The molecule has 0 fully saturated rings. The van der Waals surface area contributed by atoms with Gasteiger partial charge < -0.3 is 14.8 Å². The fourth-order valence-corrected chi connectivity index (χ4v) is 4.96.